The van der Waals surface area contributed by atoms with Crippen molar-refractivity contribution in [1.29, 1.82) is 0 Å². The van der Waals surface area contributed by atoms with E-state index in [0.717, 1.165) is 0 Å². The number of hydrogen-bond donors (Lipinski definition) is 3. The highest BCUT2D eigenvalue weighted by atomic mass is 35.5. The summed E-state index contributed by atoms with van der Waals surface area (Å²) >= 11 is 5.79. The van der Waals surface area contributed by atoms with Crippen molar-refractivity contribution >= 4 is 17.6 Å². The van der Waals surface area contributed by atoms with Gasteiger partial charge in [0.2, 0.25) is 0 Å². The van der Waals surface area contributed by atoms with Gasteiger partial charge in [0.1, 0.15) is 6.10 Å². The largest absolute Gasteiger partial charge is 0.481 e. The first-order valence-corrected chi connectivity index (χ1v) is 6.20. The fourth-order valence-electron chi connectivity index (χ4n) is 1.78. The van der Waals surface area contributed by atoms with E-state index in [0.29, 0.717) is 16.1 Å². The van der Waals surface area contributed by atoms with Gasteiger partial charge in [0.25, 0.3) is 0 Å². The number of carbonyl (C=O) groups is 1. The van der Waals surface area contributed by atoms with Gasteiger partial charge in [-0.05, 0) is 35.2 Å². The van der Waals surface area contributed by atoms with Crippen molar-refractivity contribution in [3.63, 3.8) is 0 Å². The lowest BCUT2D eigenvalue weighted by Crippen LogP contribution is -2.21. The first-order valence-electron chi connectivity index (χ1n) is 5.82. The van der Waals surface area contributed by atoms with Crippen molar-refractivity contribution in [3.8, 4) is 0 Å². The number of nitrogens with zero attached hydrogens (tertiary/aromatic N) is 3. The van der Waals surface area contributed by atoms with Gasteiger partial charge >= 0.3 is 5.97 Å². The number of benzene rings is 1. The summed E-state index contributed by atoms with van der Waals surface area (Å²) in [7, 11) is 0. The fourth-order valence-corrected chi connectivity index (χ4v) is 1.97. The molecule has 0 spiro atoms. The molecule has 0 aromatic heterocycles. The average molecular weight is 300 g/mol. The summed E-state index contributed by atoms with van der Waals surface area (Å²) in [5, 5.41) is 32.3. The second-order valence-electron chi connectivity index (χ2n) is 4.17. The normalized spacial score (nSPS) is 13.3. The van der Waals surface area contributed by atoms with Gasteiger partial charge in [0.05, 0.1) is 12.5 Å². The molecule has 2 atom stereocenters. The van der Waals surface area contributed by atoms with Crippen molar-refractivity contribution in [2.24, 2.45) is 5.11 Å². The summed E-state index contributed by atoms with van der Waals surface area (Å²) in [5.74, 6) is -1.07. The molecule has 0 fully saturated rings. The quantitative estimate of drug-likeness (QED) is 0.404. The van der Waals surface area contributed by atoms with E-state index in [4.69, 9.17) is 22.2 Å². The third-order valence-corrected chi connectivity index (χ3v) is 2.95. The van der Waals surface area contributed by atoms with Gasteiger partial charge in [-0.1, -0.05) is 22.8 Å². The van der Waals surface area contributed by atoms with Crippen molar-refractivity contribution in [1.82, 2.24) is 0 Å². The second kappa shape index (κ2) is 7.72. The van der Waals surface area contributed by atoms with Crippen LogP contribution in [0.1, 0.15) is 23.7 Å². The number of azide groups is 1. The predicted octanol–water partition coefficient (Wildman–Crippen LogP) is 2.06. The zero-order valence-electron chi connectivity index (χ0n) is 10.5. The van der Waals surface area contributed by atoms with Gasteiger partial charge in [0, 0.05) is 16.5 Å². The molecule has 0 saturated carbocycles. The number of hydrogen-bond acceptors (Lipinski definition) is 4. The highest BCUT2D eigenvalue weighted by Gasteiger charge is 2.21. The van der Waals surface area contributed by atoms with E-state index in [2.05, 4.69) is 10.0 Å². The molecule has 8 heteroatoms. The molecule has 1 rings (SSSR count). The zero-order valence-corrected chi connectivity index (χ0v) is 11.2. The van der Waals surface area contributed by atoms with E-state index in [1.165, 1.54) is 18.2 Å². The van der Waals surface area contributed by atoms with Gasteiger partial charge < -0.3 is 15.3 Å². The Labute approximate surface area is 120 Å². The van der Waals surface area contributed by atoms with E-state index in [1.54, 1.807) is 0 Å². The number of carboxylic acid groups (broad SMARTS) is 1. The molecule has 7 nitrogen and oxygen atoms in total. The lowest BCUT2D eigenvalue weighted by molar-refractivity contribution is -0.136. The Bertz CT molecular complexity index is 531. The molecule has 0 heterocycles. The van der Waals surface area contributed by atoms with Gasteiger partial charge in [-0.15, -0.1) is 0 Å². The van der Waals surface area contributed by atoms with Crippen LogP contribution in [0.15, 0.2) is 23.3 Å². The number of carboxylic acids is 1. The van der Waals surface area contributed by atoms with Crippen LogP contribution < -0.4 is 0 Å². The third-order valence-electron chi connectivity index (χ3n) is 2.72. The number of aliphatic hydroxyl groups excluding tert-OH is 2. The lowest BCUT2D eigenvalue weighted by atomic mass is 9.95. The zero-order chi connectivity index (χ0) is 15.1. The maximum absolute atomic E-state index is 10.8. The summed E-state index contributed by atoms with van der Waals surface area (Å²) in [4.78, 5) is 13.3. The van der Waals surface area contributed by atoms with Gasteiger partial charge in [0.15, 0.2) is 0 Å². The number of aliphatic hydroxyl groups is 2. The SMILES string of the molecule is [N-]=[N+]=NCCC(O)C(O)c1ccc(Cl)cc1CC(=O)O. The molecule has 0 aliphatic rings. The van der Waals surface area contributed by atoms with Crippen LogP contribution in [0.25, 0.3) is 10.4 Å². The van der Waals surface area contributed by atoms with Crippen molar-refractivity contribution in [2.75, 3.05) is 6.54 Å². The van der Waals surface area contributed by atoms with Crippen LogP contribution in [0.4, 0.5) is 0 Å². The standard InChI is InChI=1S/C12H14ClN3O4/c13-8-1-2-9(7(5-8)6-11(18)19)12(20)10(17)3-4-15-16-14/h1-2,5,10,12,17,20H,3-4,6H2,(H,18,19). The smallest absolute Gasteiger partial charge is 0.307 e. The monoisotopic (exact) mass is 299 g/mol. The van der Waals surface area contributed by atoms with E-state index in [-0.39, 0.29) is 19.4 Å². The Morgan fingerprint density at radius 3 is 2.75 bits per heavy atom. The summed E-state index contributed by atoms with van der Waals surface area (Å²) in [6.07, 6.45) is -2.67. The molecular weight excluding hydrogens is 286 g/mol. The Morgan fingerprint density at radius 2 is 2.15 bits per heavy atom. The van der Waals surface area contributed by atoms with Crippen molar-refractivity contribution in [2.45, 2.75) is 25.0 Å². The van der Waals surface area contributed by atoms with E-state index >= 15 is 0 Å². The lowest BCUT2D eigenvalue weighted by Gasteiger charge is -2.20. The number of halogens is 1. The molecule has 1 aromatic rings. The van der Waals surface area contributed by atoms with Crippen LogP contribution in [-0.2, 0) is 11.2 Å². The van der Waals surface area contributed by atoms with Crippen molar-refractivity contribution in [3.05, 3.63) is 44.8 Å². The minimum absolute atomic E-state index is 0.0383. The first kappa shape index (κ1) is 16.3. The van der Waals surface area contributed by atoms with Crippen LogP contribution >= 0.6 is 11.6 Å². The Balaban J connectivity index is 2.92. The molecule has 20 heavy (non-hydrogen) atoms. The maximum atomic E-state index is 10.8. The molecule has 0 radical (unpaired) electrons. The Hall–Kier alpha value is -1.79. The fraction of sp³-hybridized carbons (Fsp3) is 0.417. The molecule has 0 saturated heterocycles. The molecule has 0 aliphatic carbocycles. The van der Waals surface area contributed by atoms with Crippen molar-refractivity contribution < 1.29 is 20.1 Å². The Morgan fingerprint density at radius 1 is 1.45 bits per heavy atom. The molecule has 0 amide bonds. The molecule has 0 aliphatic heterocycles. The first-order chi connectivity index (χ1) is 9.45. The van der Waals surface area contributed by atoms with Gasteiger partial charge in [-0.25, -0.2) is 0 Å². The van der Waals surface area contributed by atoms with Gasteiger partial charge in [-0.2, -0.15) is 0 Å². The second-order valence-corrected chi connectivity index (χ2v) is 4.61. The summed E-state index contributed by atoms with van der Waals surface area (Å²) in [5.41, 5.74) is 8.77. The van der Waals surface area contributed by atoms with Crippen LogP contribution in [0, 0.1) is 0 Å². The van der Waals surface area contributed by atoms with E-state index < -0.39 is 18.2 Å². The summed E-state index contributed by atoms with van der Waals surface area (Å²) in [6, 6.07) is 4.42. The molecule has 3 N–H and O–H groups in total. The highest BCUT2D eigenvalue weighted by molar-refractivity contribution is 6.30. The Kier molecular flexibility index (Phi) is 6.27. The summed E-state index contributed by atoms with van der Waals surface area (Å²) < 4.78 is 0. The van der Waals surface area contributed by atoms with Crippen LogP contribution in [-0.4, -0.2) is 33.9 Å². The van der Waals surface area contributed by atoms with Crippen LogP contribution in [0.3, 0.4) is 0 Å². The molecular formula is C12H14ClN3O4. The molecule has 0 bridgehead atoms. The third kappa shape index (κ3) is 4.71. The maximum Gasteiger partial charge on any atom is 0.307 e. The number of aliphatic carboxylic acids is 1. The van der Waals surface area contributed by atoms with E-state index in [9.17, 15) is 15.0 Å². The predicted molar refractivity (Wildman–Crippen MR) is 72.4 cm³/mol. The molecule has 108 valence electrons. The highest BCUT2D eigenvalue weighted by Crippen LogP contribution is 2.26. The minimum Gasteiger partial charge on any atom is -0.481 e. The van der Waals surface area contributed by atoms with E-state index in [1.807, 2.05) is 0 Å². The van der Waals surface area contributed by atoms with Gasteiger partial charge in [-0.3, -0.25) is 4.79 Å². The topological polar surface area (TPSA) is 127 Å². The summed E-state index contributed by atoms with van der Waals surface area (Å²) in [6.45, 7) is 0.0383. The molecule has 1 aromatic carbocycles. The average Bonchev–Trinajstić information content (AvgIpc) is 2.37. The minimum atomic E-state index is -1.27. The number of rotatable bonds is 7. The molecule has 2 unspecified atom stereocenters. The van der Waals surface area contributed by atoms with Crippen LogP contribution in [0.5, 0.6) is 0 Å². The van der Waals surface area contributed by atoms with Crippen LogP contribution in [0.2, 0.25) is 5.02 Å².